The van der Waals surface area contributed by atoms with E-state index in [1.165, 1.54) is 5.56 Å². The minimum atomic E-state index is 0.910. The molecule has 1 aliphatic heterocycles. The average molecular weight is 256 g/mol. The number of methoxy groups -OCH3 is 1. The fraction of sp³-hybridized carbons (Fsp3) is 0.176. The fourth-order valence-electron chi connectivity index (χ4n) is 1.15. The van der Waals surface area contributed by atoms with Gasteiger partial charge in [0, 0.05) is 0 Å². The Morgan fingerprint density at radius 2 is 1.42 bits per heavy atom. The highest BCUT2D eigenvalue weighted by Crippen LogP contribution is 2.05. The van der Waals surface area contributed by atoms with Crippen molar-refractivity contribution >= 4 is 6.08 Å². The molecule has 0 atom stereocenters. The topological polar surface area (TPSA) is 21.8 Å². The smallest absolute Gasteiger partial charge is 0.118 e. The summed E-state index contributed by atoms with van der Waals surface area (Å²) in [7, 11) is 1.66. The van der Waals surface area contributed by atoms with Gasteiger partial charge in [-0.25, -0.2) is 0 Å². The maximum Gasteiger partial charge on any atom is 0.118 e. The molecule has 2 aromatic rings. The van der Waals surface area contributed by atoms with Gasteiger partial charge in [0.1, 0.15) is 5.75 Å². The first-order valence-electron chi connectivity index (χ1n) is 6.21. The first-order valence-corrected chi connectivity index (χ1v) is 6.21. The summed E-state index contributed by atoms with van der Waals surface area (Å²) in [5, 5.41) is 0. The van der Waals surface area contributed by atoms with Crippen LogP contribution in [0.5, 0.6) is 5.75 Å². The second-order valence-corrected chi connectivity index (χ2v) is 3.74. The van der Waals surface area contributed by atoms with Gasteiger partial charge < -0.3 is 9.47 Å². The first kappa shape index (κ1) is 15.0. The number of rotatable bonds is 2. The molecule has 2 nitrogen and oxygen atoms in total. The third kappa shape index (κ3) is 8.63. The molecule has 0 unspecified atom stereocenters. The van der Waals surface area contributed by atoms with Crippen LogP contribution in [0.4, 0.5) is 0 Å². The number of hydrogen-bond donors (Lipinski definition) is 0. The lowest BCUT2D eigenvalue weighted by atomic mass is 10.2. The van der Waals surface area contributed by atoms with Crippen molar-refractivity contribution in [3.63, 3.8) is 0 Å². The van der Waals surface area contributed by atoms with Gasteiger partial charge in [0.15, 0.2) is 0 Å². The summed E-state index contributed by atoms with van der Waals surface area (Å²) >= 11 is 0. The summed E-state index contributed by atoms with van der Waals surface area (Å²) in [6.45, 7) is 5.63. The van der Waals surface area contributed by atoms with E-state index in [4.69, 9.17) is 4.74 Å². The first-order chi connectivity index (χ1) is 9.36. The van der Waals surface area contributed by atoms with Crippen LogP contribution in [0.3, 0.4) is 0 Å². The Morgan fingerprint density at radius 1 is 0.947 bits per heavy atom. The monoisotopic (exact) mass is 256 g/mol. The van der Waals surface area contributed by atoms with Gasteiger partial charge in [0.2, 0.25) is 0 Å². The SMILES string of the molecule is C1CO1.C=Cc1ccccc1.COc1ccccc1. The van der Waals surface area contributed by atoms with E-state index < -0.39 is 0 Å². The van der Waals surface area contributed by atoms with Crippen LogP contribution >= 0.6 is 0 Å². The number of epoxide rings is 1. The molecule has 1 aliphatic rings. The Kier molecular flexibility index (Phi) is 7.83. The Balaban J connectivity index is 0.000000156. The van der Waals surface area contributed by atoms with Crippen molar-refractivity contribution in [2.45, 2.75) is 0 Å². The van der Waals surface area contributed by atoms with Gasteiger partial charge in [-0.3, -0.25) is 0 Å². The second kappa shape index (κ2) is 9.92. The number of benzene rings is 2. The highest BCUT2D eigenvalue weighted by atomic mass is 16.6. The van der Waals surface area contributed by atoms with Crippen LogP contribution < -0.4 is 4.74 Å². The molecule has 0 spiro atoms. The van der Waals surface area contributed by atoms with Gasteiger partial charge >= 0.3 is 0 Å². The molecule has 1 saturated heterocycles. The van der Waals surface area contributed by atoms with Crippen LogP contribution in [0.15, 0.2) is 67.2 Å². The van der Waals surface area contributed by atoms with E-state index in [1.54, 1.807) is 7.11 Å². The van der Waals surface area contributed by atoms with E-state index in [2.05, 4.69) is 11.3 Å². The molecule has 0 N–H and O–H groups in total. The molecule has 3 rings (SSSR count). The van der Waals surface area contributed by atoms with Crippen LogP contribution in [0, 0.1) is 0 Å². The molecule has 2 aromatic carbocycles. The Bertz CT molecular complexity index is 433. The zero-order chi connectivity index (χ0) is 13.8. The largest absolute Gasteiger partial charge is 0.497 e. The lowest BCUT2D eigenvalue weighted by Crippen LogP contribution is -1.78. The molecule has 0 amide bonds. The number of ether oxygens (including phenoxy) is 2. The molecular formula is C17H20O2. The van der Waals surface area contributed by atoms with Crippen molar-refractivity contribution in [3.05, 3.63) is 72.8 Å². The van der Waals surface area contributed by atoms with Gasteiger partial charge in [0.25, 0.3) is 0 Å². The zero-order valence-corrected chi connectivity index (χ0v) is 11.3. The van der Waals surface area contributed by atoms with Crippen LogP contribution in [0.2, 0.25) is 0 Å². The number of para-hydroxylation sites is 1. The van der Waals surface area contributed by atoms with Crippen LogP contribution in [-0.2, 0) is 4.74 Å². The highest BCUT2D eigenvalue weighted by Gasteiger charge is 1.94. The molecule has 19 heavy (non-hydrogen) atoms. The fourth-order valence-corrected chi connectivity index (χ4v) is 1.15. The van der Waals surface area contributed by atoms with Crippen molar-refractivity contribution < 1.29 is 9.47 Å². The maximum atomic E-state index is 4.91. The lowest BCUT2D eigenvalue weighted by Gasteiger charge is -1.93. The molecule has 0 saturated carbocycles. The molecule has 1 heterocycles. The molecule has 0 radical (unpaired) electrons. The molecule has 0 aliphatic carbocycles. The Hall–Kier alpha value is -2.06. The van der Waals surface area contributed by atoms with E-state index >= 15 is 0 Å². The molecule has 2 heteroatoms. The van der Waals surface area contributed by atoms with Gasteiger partial charge in [-0.1, -0.05) is 61.2 Å². The van der Waals surface area contributed by atoms with E-state index in [0.29, 0.717) is 0 Å². The van der Waals surface area contributed by atoms with Crippen LogP contribution in [0.25, 0.3) is 6.08 Å². The van der Waals surface area contributed by atoms with Crippen molar-refractivity contribution in [3.8, 4) is 5.75 Å². The molecule has 100 valence electrons. The van der Waals surface area contributed by atoms with E-state index in [9.17, 15) is 0 Å². The minimum absolute atomic E-state index is 0.910. The van der Waals surface area contributed by atoms with E-state index in [-0.39, 0.29) is 0 Å². The molecule has 0 aromatic heterocycles. The Labute approximate surface area is 115 Å². The predicted molar refractivity (Wildman–Crippen MR) is 80.3 cm³/mol. The minimum Gasteiger partial charge on any atom is -0.497 e. The third-order valence-electron chi connectivity index (χ3n) is 2.22. The summed E-state index contributed by atoms with van der Waals surface area (Å²) in [5.74, 6) is 0.910. The Morgan fingerprint density at radius 3 is 1.68 bits per heavy atom. The van der Waals surface area contributed by atoms with Crippen LogP contribution in [-0.4, -0.2) is 20.3 Å². The maximum absolute atomic E-state index is 4.91. The summed E-state index contributed by atoms with van der Waals surface area (Å²) in [6, 6.07) is 19.7. The summed E-state index contributed by atoms with van der Waals surface area (Å²) < 4.78 is 9.41. The van der Waals surface area contributed by atoms with Gasteiger partial charge in [0.05, 0.1) is 20.3 Å². The number of hydrogen-bond acceptors (Lipinski definition) is 2. The van der Waals surface area contributed by atoms with Crippen LogP contribution in [0.1, 0.15) is 5.56 Å². The molecule has 0 bridgehead atoms. The zero-order valence-electron chi connectivity index (χ0n) is 11.3. The quantitative estimate of drug-likeness (QED) is 0.756. The third-order valence-corrected chi connectivity index (χ3v) is 2.22. The predicted octanol–water partition coefficient (Wildman–Crippen LogP) is 4.04. The van der Waals surface area contributed by atoms with Gasteiger partial charge in [-0.2, -0.15) is 0 Å². The second-order valence-electron chi connectivity index (χ2n) is 3.74. The van der Waals surface area contributed by atoms with Crippen molar-refractivity contribution in [1.29, 1.82) is 0 Å². The van der Waals surface area contributed by atoms with E-state index in [1.807, 2.05) is 66.7 Å². The molecule has 1 fully saturated rings. The van der Waals surface area contributed by atoms with Gasteiger partial charge in [-0.05, 0) is 17.7 Å². The standard InChI is InChI=1S/C8H8.C7H8O.C2H4O/c1-2-8-6-4-3-5-7-8;1-8-7-5-3-2-4-6-7;1-2-3-1/h2-7H,1H2;2-6H,1H3;1-2H2. The molecular weight excluding hydrogens is 236 g/mol. The normalized spacial score (nSPS) is 11.0. The van der Waals surface area contributed by atoms with Crippen molar-refractivity contribution in [2.75, 3.05) is 20.3 Å². The summed E-state index contributed by atoms with van der Waals surface area (Å²) in [4.78, 5) is 0. The van der Waals surface area contributed by atoms with Crippen molar-refractivity contribution in [2.24, 2.45) is 0 Å². The summed E-state index contributed by atoms with van der Waals surface area (Å²) in [5.41, 5.74) is 1.17. The van der Waals surface area contributed by atoms with E-state index in [0.717, 1.165) is 19.0 Å². The lowest BCUT2D eigenvalue weighted by molar-refractivity contribution is 0.415. The van der Waals surface area contributed by atoms with Gasteiger partial charge in [-0.15, -0.1) is 0 Å². The average Bonchev–Trinajstić information content (AvgIpc) is 3.38. The summed E-state index contributed by atoms with van der Waals surface area (Å²) in [6.07, 6.45) is 1.83. The van der Waals surface area contributed by atoms with Crippen molar-refractivity contribution in [1.82, 2.24) is 0 Å². The highest BCUT2D eigenvalue weighted by molar-refractivity contribution is 5.45.